The Morgan fingerprint density at radius 2 is 2.12 bits per heavy atom. The summed E-state index contributed by atoms with van der Waals surface area (Å²) in [6.07, 6.45) is 3.96. The maximum atomic E-state index is 12.9. The van der Waals surface area contributed by atoms with Gasteiger partial charge < -0.3 is 9.84 Å². The van der Waals surface area contributed by atoms with Crippen LogP contribution in [0.1, 0.15) is 32.1 Å². The molecule has 2 saturated heterocycles. The predicted octanol–water partition coefficient (Wildman–Crippen LogP) is 1.56. The van der Waals surface area contributed by atoms with Crippen LogP contribution in [-0.4, -0.2) is 54.2 Å². The Hall–Kier alpha value is -1.92. The van der Waals surface area contributed by atoms with Crippen LogP contribution < -0.4 is 9.64 Å². The molecule has 130 valence electrons. The number of ether oxygens (including phenoxy) is 1. The highest BCUT2D eigenvalue weighted by atomic mass is 16.5. The van der Waals surface area contributed by atoms with Crippen LogP contribution >= 0.6 is 0 Å². The second-order valence-corrected chi connectivity index (χ2v) is 6.39. The van der Waals surface area contributed by atoms with Crippen molar-refractivity contribution in [3.8, 4) is 5.75 Å². The van der Waals surface area contributed by atoms with Crippen molar-refractivity contribution in [1.82, 2.24) is 4.90 Å². The monoisotopic (exact) mass is 332 g/mol. The number of carbonyl (C=O) groups excluding carboxylic acids is 2. The molecule has 6 heteroatoms. The molecule has 1 aromatic carbocycles. The number of piperidine rings is 1. The molecule has 2 atom stereocenters. The van der Waals surface area contributed by atoms with Gasteiger partial charge in [0.1, 0.15) is 5.75 Å². The van der Waals surface area contributed by atoms with Crippen molar-refractivity contribution in [3.05, 3.63) is 24.3 Å². The van der Waals surface area contributed by atoms with Gasteiger partial charge in [-0.15, -0.1) is 0 Å². The van der Waals surface area contributed by atoms with E-state index < -0.39 is 6.04 Å². The maximum Gasteiger partial charge on any atom is 0.251 e. The van der Waals surface area contributed by atoms with Gasteiger partial charge in [0.05, 0.1) is 25.3 Å². The molecule has 0 unspecified atom stereocenters. The second-order valence-electron chi connectivity index (χ2n) is 6.39. The molecule has 0 aliphatic carbocycles. The van der Waals surface area contributed by atoms with Crippen LogP contribution in [0.15, 0.2) is 24.3 Å². The van der Waals surface area contributed by atoms with Crippen LogP contribution in [0.2, 0.25) is 0 Å². The van der Waals surface area contributed by atoms with Crippen molar-refractivity contribution >= 4 is 17.5 Å². The molecule has 2 aliphatic heterocycles. The highest BCUT2D eigenvalue weighted by Gasteiger charge is 2.44. The number of nitrogens with zero attached hydrogens (tertiary/aromatic N) is 2. The molecule has 2 aliphatic rings. The van der Waals surface area contributed by atoms with E-state index in [9.17, 15) is 14.7 Å². The van der Waals surface area contributed by atoms with Crippen LogP contribution in [-0.2, 0) is 9.59 Å². The number of methoxy groups -OCH3 is 1. The third kappa shape index (κ3) is 3.16. The lowest BCUT2D eigenvalue weighted by molar-refractivity contribution is -0.123. The number of rotatable bonds is 5. The number of anilines is 1. The lowest BCUT2D eigenvalue weighted by Gasteiger charge is -2.38. The smallest absolute Gasteiger partial charge is 0.251 e. The summed E-state index contributed by atoms with van der Waals surface area (Å²) in [5.74, 6) is 0.275. The number of aliphatic hydroxyl groups excluding tert-OH is 1. The third-order valence-corrected chi connectivity index (χ3v) is 4.97. The van der Waals surface area contributed by atoms with E-state index in [0.29, 0.717) is 17.9 Å². The van der Waals surface area contributed by atoms with E-state index in [1.165, 1.54) is 4.90 Å². The van der Waals surface area contributed by atoms with E-state index in [1.54, 1.807) is 31.4 Å². The molecular weight excluding hydrogens is 308 g/mol. The van der Waals surface area contributed by atoms with Crippen LogP contribution in [0.5, 0.6) is 5.75 Å². The van der Waals surface area contributed by atoms with Crippen molar-refractivity contribution in [1.29, 1.82) is 0 Å². The Bertz CT molecular complexity index is 617. The van der Waals surface area contributed by atoms with Crippen molar-refractivity contribution < 1.29 is 19.4 Å². The molecule has 1 aromatic rings. The van der Waals surface area contributed by atoms with E-state index in [4.69, 9.17) is 4.74 Å². The Balaban J connectivity index is 1.82. The van der Waals surface area contributed by atoms with Gasteiger partial charge >= 0.3 is 0 Å². The van der Waals surface area contributed by atoms with Gasteiger partial charge in [0.25, 0.3) is 5.91 Å². The summed E-state index contributed by atoms with van der Waals surface area (Å²) in [6.45, 7) is 0.913. The molecule has 1 N–H and O–H groups in total. The van der Waals surface area contributed by atoms with Gasteiger partial charge in [-0.05, 0) is 37.9 Å². The fraction of sp³-hybridized carbons (Fsp3) is 0.556. The van der Waals surface area contributed by atoms with Gasteiger partial charge in [-0.2, -0.15) is 0 Å². The zero-order chi connectivity index (χ0) is 17.1. The third-order valence-electron chi connectivity index (χ3n) is 4.97. The van der Waals surface area contributed by atoms with Gasteiger partial charge in [-0.3, -0.25) is 14.5 Å². The number of amides is 2. The summed E-state index contributed by atoms with van der Waals surface area (Å²) in [5.41, 5.74) is 0.558. The SMILES string of the molecule is COc1cccc(N2C(=O)C[C@H](N3CCCC[C@@H]3CCO)C2=O)c1. The lowest BCUT2D eigenvalue weighted by atomic mass is 9.97. The van der Waals surface area contributed by atoms with E-state index in [1.807, 2.05) is 0 Å². The fourth-order valence-corrected chi connectivity index (χ4v) is 3.79. The predicted molar refractivity (Wildman–Crippen MR) is 89.9 cm³/mol. The average Bonchev–Trinajstić information content (AvgIpc) is 2.90. The molecule has 6 nitrogen and oxygen atoms in total. The Kier molecular flexibility index (Phi) is 5.16. The van der Waals surface area contributed by atoms with Gasteiger partial charge in [0.15, 0.2) is 0 Å². The van der Waals surface area contributed by atoms with Crippen molar-refractivity contribution in [2.75, 3.05) is 25.2 Å². The molecule has 0 spiro atoms. The molecule has 2 heterocycles. The molecule has 2 fully saturated rings. The molecular formula is C18H24N2O4. The van der Waals surface area contributed by atoms with Gasteiger partial charge in [0.2, 0.25) is 5.91 Å². The average molecular weight is 332 g/mol. The summed E-state index contributed by atoms with van der Waals surface area (Å²) in [6, 6.07) is 6.78. The first-order chi connectivity index (χ1) is 11.7. The molecule has 0 radical (unpaired) electrons. The van der Waals surface area contributed by atoms with E-state index in [0.717, 1.165) is 25.8 Å². The van der Waals surface area contributed by atoms with E-state index in [2.05, 4.69) is 4.90 Å². The number of hydrogen-bond acceptors (Lipinski definition) is 5. The molecule has 24 heavy (non-hydrogen) atoms. The first kappa shape index (κ1) is 16.9. The lowest BCUT2D eigenvalue weighted by Crippen LogP contribution is -2.50. The quantitative estimate of drug-likeness (QED) is 0.829. The number of hydrogen-bond donors (Lipinski definition) is 1. The van der Waals surface area contributed by atoms with E-state index in [-0.39, 0.29) is 30.9 Å². The summed E-state index contributed by atoms with van der Waals surface area (Å²) in [7, 11) is 1.56. The van der Waals surface area contributed by atoms with Crippen LogP contribution in [0.4, 0.5) is 5.69 Å². The Morgan fingerprint density at radius 1 is 1.29 bits per heavy atom. The Labute approximate surface area is 142 Å². The van der Waals surface area contributed by atoms with Gasteiger partial charge in [-0.1, -0.05) is 12.5 Å². The topological polar surface area (TPSA) is 70.1 Å². The summed E-state index contributed by atoms with van der Waals surface area (Å²) < 4.78 is 5.19. The molecule has 0 bridgehead atoms. The number of imide groups is 1. The minimum absolute atomic E-state index is 0.107. The van der Waals surface area contributed by atoms with Crippen molar-refractivity contribution in [3.63, 3.8) is 0 Å². The van der Waals surface area contributed by atoms with Crippen LogP contribution in [0.25, 0.3) is 0 Å². The zero-order valence-corrected chi connectivity index (χ0v) is 14.0. The normalized spacial score (nSPS) is 25.3. The molecule has 0 aromatic heterocycles. The molecule has 2 amide bonds. The maximum absolute atomic E-state index is 12.9. The first-order valence-electron chi connectivity index (χ1n) is 8.53. The number of benzene rings is 1. The van der Waals surface area contributed by atoms with Crippen molar-refractivity contribution in [2.45, 2.75) is 44.2 Å². The largest absolute Gasteiger partial charge is 0.497 e. The molecule has 3 rings (SSSR count). The number of aliphatic hydroxyl groups is 1. The summed E-state index contributed by atoms with van der Waals surface area (Å²) in [5, 5.41) is 9.28. The summed E-state index contributed by atoms with van der Waals surface area (Å²) >= 11 is 0. The number of carbonyl (C=O) groups is 2. The first-order valence-corrected chi connectivity index (χ1v) is 8.53. The Morgan fingerprint density at radius 3 is 2.88 bits per heavy atom. The standard InChI is InChI=1S/C18H24N2O4/c1-24-15-7-4-6-14(11-15)20-17(22)12-16(18(20)23)19-9-3-2-5-13(19)8-10-21/h4,6-7,11,13,16,21H,2-3,5,8-10,12H2,1H3/t13-,16+/m1/s1. The minimum atomic E-state index is -0.416. The van der Waals surface area contributed by atoms with Crippen molar-refractivity contribution in [2.24, 2.45) is 0 Å². The van der Waals surface area contributed by atoms with Gasteiger partial charge in [-0.25, -0.2) is 4.90 Å². The highest BCUT2D eigenvalue weighted by molar-refractivity contribution is 6.22. The zero-order valence-electron chi connectivity index (χ0n) is 14.0. The van der Waals surface area contributed by atoms with Gasteiger partial charge in [0, 0.05) is 18.7 Å². The number of likely N-dealkylation sites (tertiary alicyclic amines) is 1. The highest BCUT2D eigenvalue weighted by Crippen LogP contribution is 2.31. The van der Waals surface area contributed by atoms with Crippen LogP contribution in [0.3, 0.4) is 0 Å². The fourth-order valence-electron chi connectivity index (χ4n) is 3.79. The molecule has 0 saturated carbocycles. The summed E-state index contributed by atoms with van der Waals surface area (Å²) in [4.78, 5) is 28.8. The van der Waals surface area contributed by atoms with E-state index >= 15 is 0 Å². The second kappa shape index (κ2) is 7.32. The van der Waals surface area contributed by atoms with Crippen LogP contribution in [0, 0.1) is 0 Å². The minimum Gasteiger partial charge on any atom is -0.497 e.